The maximum absolute atomic E-state index is 8.06. The van der Waals surface area contributed by atoms with Crippen LogP contribution in [0, 0.1) is 11.8 Å². The van der Waals surface area contributed by atoms with Gasteiger partial charge < -0.3 is 5.21 Å². The zero-order valence-corrected chi connectivity index (χ0v) is 6.26. The number of hydrogen-bond acceptors (Lipinski definition) is 2. The smallest absolute Gasteiger partial charge is 0.107 e. The quantitative estimate of drug-likeness (QED) is 0.352. The minimum atomic E-state index is 0.273. The van der Waals surface area contributed by atoms with Crippen LogP contribution in [0.5, 0.6) is 0 Å². The van der Waals surface area contributed by atoms with Gasteiger partial charge in [-0.2, -0.15) is 0 Å². The van der Waals surface area contributed by atoms with E-state index in [4.69, 9.17) is 5.21 Å². The largest absolute Gasteiger partial charge is 0.411 e. The molecule has 0 spiro atoms. The zero-order chi connectivity index (χ0) is 7.28. The van der Waals surface area contributed by atoms with Crippen molar-refractivity contribution in [1.29, 1.82) is 0 Å². The van der Waals surface area contributed by atoms with Crippen LogP contribution in [0.1, 0.15) is 27.2 Å². The van der Waals surface area contributed by atoms with E-state index in [9.17, 15) is 0 Å². The molecule has 0 aromatic carbocycles. The van der Waals surface area contributed by atoms with E-state index in [1.807, 2.05) is 6.92 Å². The Morgan fingerprint density at radius 3 is 2.33 bits per heavy atom. The molecule has 1 radical (unpaired) electrons. The van der Waals surface area contributed by atoms with Gasteiger partial charge in [-0.25, -0.2) is 0 Å². The fourth-order valence-electron chi connectivity index (χ4n) is 0.858. The van der Waals surface area contributed by atoms with Crippen molar-refractivity contribution in [3.05, 3.63) is 0 Å². The van der Waals surface area contributed by atoms with E-state index in [1.54, 1.807) is 0 Å². The lowest BCUT2D eigenvalue weighted by Gasteiger charge is -2.05. The van der Waals surface area contributed by atoms with Crippen molar-refractivity contribution in [1.82, 2.24) is 0 Å². The number of rotatable bonds is 3. The molecule has 0 heterocycles. The highest BCUT2D eigenvalue weighted by molar-refractivity contribution is 5.59. The fraction of sp³-hybridized carbons (Fsp3) is 0.857. The molecule has 0 amide bonds. The highest BCUT2D eigenvalue weighted by Crippen LogP contribution is 2.07. The normalized spacial score (nSPS) is 15.1. The van der Waals surface area contributed by atoms with Gasteiger partial charge >= 0.3 is 0 Å². The molecule has 1 N–H and O–H groups in total. The minimum absolute atomic E-state index is 0.273. The Kier molecular flexibility index (Phi) is 4.10. The lowest BCUT2D eigenvalue weighted by atomic mass is 10.0. The van der Waals surface area contributed by atoms with E-state index in [0.717, 1.165) is 6.42 Å². The summed E-state index contributed by atoms with van der Waals surface area (Å²) in [6, 6.07) is 0. The topological polar surface area (TPSA) is 32.6 Å². The lowest BCUT2D eigenvalue weighted by molar-refractivity contribution is 0.317. The van der Waals surface area contributed by atoms with E-state index in [0.29, 0.717) is 5.92 Å². The van der Waals surface area contributed by atoms with E-state index in [-0.39, 0.29) is 5.92 Å². The van der Waals surface area contributed by atoms with Crippen LogP contribution in [0.2, 0.25) is 0 Å². The molecule has 0 aliphatic carbocycles. The van der Waals surface area contributed by atoms with E-state index in [1.165, 1.54) is 0 Å². The number of nitrogens with zero attached hydrogens (tertiary/aromatic N) is 1. The molecular formula is C7H14NO. The van der Waals surface area contributed by atoms with Crippen LogP contribution in [0.3, 0.4) is 0 Å². The van der Waals surface area contributed by atoms with Crippen molar-refractivity contribution in [3.8, 4) is 0 Å². The molecule has 0 aliphatic rings. The first-order valence-corrected chi connectivity index (χ1v) is 3.26. The molecule has 0 saturated carbocycles. The Labute approximate surface area is 56.6 Å². The molecule has 0 fully saturated rings. The molecule has 0 bridgehead atoms. The molecule has 0 saturated heterocycles. The Hall–Kier alpha value is -0.530. The average Bonchev–Trinajstić information content (AvgIpc) is 1.63. The minimum Gasteiger partial charge on any atom is -0.411 e. The molecule has 53 valence electrons. The summed E-state index contributed by atoms with van der Waals surface area (Å²) in [7, 11) is 0. The van der Waals surface area contributed by atoms with Gasteiger partial charge in [-0.1, -0.05) is 25.9 Å². The van der Waals surface area contributed by atoms with Crippen LogP contribution in [-0.2, 0) is 0 Å². The van der Waals surface area contributed by atoms with Gasteiger partial charge in [-0.05, 0) is 12.3 Å². The van der Waals surface area contributed by atoms with Crippen LogP contribution in [0.25, 0.3) is 0 Å². The van der Waals surface area contributed by atoms with Gasteiger partial charge in [-0.15, -0.1) is 0 Å². The van der Waals surface area contributed by atoms with Gasteiger partial charge in [0.1, 0.15) is 6.21 Å². The highest BCUT2D eigenvalue weighted by Gasteiger charge is 2.01. The maximum Gasteiger partial charge on any atom is 0.107 e. The SMILES string of the molecule is CC(C)CC(C)[C]=NO. The summed E-state index contributed by atoms with van der Waals surface area (Å²) in [5.74, 6) is 0.921. The van der Waals surface area contributed by atoms with Crippen LogP contribution in [0.4, 0.5) is 0 Å². The van der Waals surface area contributed by atoms with E-state index < -0.39 is 0 Å². The summed E-state index contributed by atoms with van der Waals surface area (Å²) in [5, 5.41) is 10.9. The highest BCUT2D eigenvalue weighted by atomic mass is 16.4. The molecule has 1 unspecified atom stereocenters. The molecule has 1 atom stereocenters. The monoisotopic (exact) mass is 128 g/mol. The standard InChI is InChI=1S/C7H14NO/c1-6(2)4-7(3)5-8-9/h6-7,9H,4H2,1-3H3. The molecular weight excluding hydrogens is 114 g/mol. The third-order valence-corrected chi connectivity index (χ3v) is 1.10. The molecule has 9 heavy (non-hydrogen) atoms. The van der Waals surface area contributed by atoms with E-state index in [2.05, 4.69) is 25.2 Å². The average molecular weight is 128 g/mol. The molecule has 2 heteroatoms. The van der Waals surface area contributed by atoms with Crippen LogP contribution in [0.15, 0.2) is 5.16 Å². The van der Waals surface area contributed by atoms with Gasteiger partial charge in [0.2, 0.25) is 0 Å². The number of hydrogen-bond donors (Lipinski definition) is 1. The summed E-state index contributed by atoms with van der Waals surface area (Å²) in [6.07, 6.45) is 3.59. The Bertz CT molecular complexity index is 88.9. The van der Waals surface area contributed by atoms with Gasteiger partial charge in [0.15, 0.2) is 0 Å². The lowest BCUT2D eigenvalue weighted by Crippen LogP contribution is -2.00. The third-order valence-electron chi connectivity index (χ3n) is 1.10. The second-order valence-corrected chi connectivity index (χ2v) is 2.76. The van der Waals surface area contributed by atoms with E-state index >= 15 is 0 Å². The second-order valence-electron chi connectivity index (χ2n) is 2.76. The Morgan fingerprint density at radius 2 is 2.00 bits per heavy atom. The van der Waals surface area contributed by atoms with Gasteiger partial charge in [0.05, 0.1) is 0 Å². The zero-order valence-electron chi connectivity index (χ0n) is 6.26. The summed E-state index contributed by atoms with van der Waals surface area (Å²) in [5.41, 5.74) is 0. The first-order valence-electron chi connectivity index (χ1n) is 3.26. The first-order chi connectivity index (χ1) is 4.16. The summed E-state index contributed by atoms with van der Waals surface area (Å²) < 4.78 is 0. The molecule has 0 aromatic heterocycles. The van der Waals surface area contributed by atoms with Crippen LogP contribution < -0.4 is 0 Å². The van der Waals surface area contributed by atoms with Gasteiger partial charge in [-0.3, -0.25) is 0 Å². The fourth-order valence-corrected chi connectivity index (χ4v) is 0.858. The maximum atomic E-state index is 8.06. The van der Waals surface area contributed by atoms with Crippen molar-refractivity contribution in [3.63, 3.8) is 0 Å². The third kappa shape index (κ3) is 5.34. The van der Waals surface area contributed by atoms with Crippen LogP contribution >= 0.6 is 0 Å². The summed E-state index contributed by atoms with van der Waals surface area (Å²) in [6.45, 7) is 6.25. The first kappa shape index (κ1) is 8.47. The van der Waals surface area contributed by atoms with Crippen molar-refractivity contribution < 1.29 is 5.21 Å². The molecule has 2 nitrogen and oxygen atoms in total. The Morgan fingerprint density at radius 1 is 1.44 bits per heavy atom. The summed E-state index contributed by atoms with van der Waals surface area (Å²) in [4.78, 5) is 0. The van der Waals surface area contributed by atoms with Crippen molar-refractivity contribution in [2.75, 3.05) is 0 Å². The molecule has 0 aromatic rings. The van der Waals surface area contributed by atoms with Crippen molar-refractivity contribution >= 4 is 6.21 Å². The second kappa shape index (κ2) is 4.36. The van der Waals surface area contributed by atoms with Crippen molar-refractivity contribution in [2.45, 2.75) is 27.2 Å². The predicted molar refractivity (Wildman–Crippen MR) is 37.8 cm³/mol. The predicted octanol–water partition coefficient (Wildman–Crippen LogP) is 2.01. The Balaban J connectivity index is 3.38. The van der Waals surface area contributed by atoms with Gasteiger partial charge in [0.25, 0.3) is 0 Å². The summed E-state index contributed by atoms with van der Waals surface area (Å²) >= 11 is 0. The molecule has 0 rings (SSSR count). The van der Waals surface area contributed by atoms with Crippen molar-refractivity contribution in [2.24, 2.45) is 17.0 Å². The van der Waals surface area contributed by atoms with Gasteiger partial charge in [0, 0.05) is 5.92 Å². The molecule has 0 aliphatic heterocycles. The van der Waals surface area contributed by atoms with Crippen LogP contribution in [-0.4, -0.2) is 11.4 Å².